The number of nitrogen functional groups attached to an aromatic ring is 1. The average Bonchev–Trinajstić information content (AvgIpc) is 2.96. The quantitative estimate of drug-likeness (QED) is 0.156. The first-order chi connectivity index (χ1) is 18.4. The zero-order chi connectivity index (χ0) is 26.9. The van der Waals surface area contributed by atoms with Gasteiger partial charge < -0.3 is 25.8 Å². The fraction of sp³-hybridized carbons (Fsp3) is 0.161. The molecule has 0 radical (unpaired) electrons. The molecule has 0 saturated carbocycles. The van der Waals surface area contributed by atoms with Crippen LogP contribution in [-0.2, 0) is 11.4 Å². The predicted molar refractivity (Wildman–Crippen MR) is 151 cm³/mol. The van der Waals surface area contributed by atoms with Gasteiger partial charge in [-0.25, -0.2) is 0 Å². The van der Waals surface area contributed by atoms with Crippen LogP contribution in [0.3, 0.4) is 0 Å². The van der Waals surface area contributed by atoms with Crippen molar-refractivity contribution in [1.29, 1.82) is 5.41 Å². The number of nitrogens with two attached hydrogens (primary N) is 1. The van der Waals surface area contributed by atoms with E-state index < -0.39 is 6.04 Å². The third-order valence-corrected chi connectivity index (χ3v) is 6.19. The first kappa shape index (κ1) is 26.3. The molecule has 4 aromatic rings. The zero-order valence-electron chi connectivity index (χ0n) is 21.5. The number of hydrogen-bond donors (Lipinski definition) is 4. The highest BCUT2D eigenvalue weighted by molar-refractivity contribution is 5.95. The van der Waals surface area contributed by atoms with Crippen molar-refractivity contribution in [3.8, 4) is 11.5 Å². The predicted octanol–water partition coefficient (Wildman–Crippen LogP) is 5.59. The highest BCUT2D eigenvalue weighted by atomic mass is 16.5. The summed E-state index contributed by atoms with van der Waals surface area (Å²) >= 11 is 0. The molecular formula is C31H32N4O3. The van der Waals surface area contributed by atoms with E-state index >= 15 is 0 Å². The second-order valence-electron chi connectivity index (χ2n) is 8.89. The number of methoxy groups -OCH3 is 1. The Morgan fingerprint density at radius 3 is 2.16 bits per heavy atom. The Hall–Kier alpha value is -4.78. The molecule has 0 spiro atoms. The first-order valence-corrected chi connectivity index (χ1v) is 12.4. The van der Waals surface area contributed by atoms with Gasteiger partial charge in [0.2, 0.25) is 5.91 Å². The topological polar surface area (TPSA) is 109 Å². The molecule has 0 aliphatic carbocycles. The minimum Gasteiger partial charge on any atom is -0.493 e. The van der Waals surface area contributed by atoms with Crippen LogP contribution in [0.25, 0.3) is 0 Å². The Morgan fingerprint density at radius 1 is 0.868 bits per heavy atom. The van der Waals surface area contributed by atoms with E-state index in [9.17, 15) is 4.79 Å². The number of carbonyl (C=O) groups is 1. The number of nitrogens with one attached hydrogen (secondary N) is 3. The average molecular weight is 509 g/mol. The Morgan fingerprint density at radius 2 is 1.53 bits per heavy atom. The van der Waals surface area contributed by atoms with E-state index in [1.807, 2.05) is 85.8 Å². The molecule has 0 unspecified atom stereocenters. The van der Waals surface area contributed by atoms with Crippen molar-refractivity contribution < 1.29 is 14.3 Å². The number of carbonyl (C=O) groups excluding carboxylic acids is 1. The largest absolute Gasteiger partial charge is 0.493 e. The van der Waals surface area contributed by atoms with Crippen molar-refractivity contribution in [2.75, 3.05) is 12.4 Å². The van der Waals surface area contributed by atoms with Gasteiger partial charge in [-0.2, -0.15) is 0 Å². The maximum atomic E-state index is 13.6. The molecule has 0 heterocycles. The van der Waals surface area contributed by atoms with Crippen LogP contribution >= 0.6 is 0 Å². The lowest BCUT2D eigenvalue weighted by molar-refractivity contribution is -0.122. The number of hydrogen-bond acceptors (Lipinski definition) is 5. The summed E-state index contributed by atoms with van der Waals surface area (Å²) in [7, 11) is 1.58. The van der Waals surface area contributed by atoms with E-state index in [0.29, 0.717) is 34.9 Å². The van der Waals surface area contributed by atoms with Gasteiger partial charge in [-0.15, -0.1) is 0 Å². The van der Waals surface area contributed by atoms with Crippen LogP contribution < -0.4 is 25.8 Å². The highest BCUT2D eigenvalue weighted by Crippen LogP contribution is 2.33. The smallest absolute Gasteiger partial charge is 0.247 e. The second kappa shape index (κ2) is 12.5. The van der Waals surface area contributed by atoms with Crippen LogP contribution in [-0.4, -0.2) is 18.9 Å². The molecule has 4 rings (SSSR count). The molecule has 194 valence electrons. The van der Waals surface area contributed by atoms with Gasteiger partial charge in [0.05, 0.1) is 13.2 Å². The molecule has 0 bridgehead atoms. The highest BCUT2D eigenvalue weighted by Gasteiger charge is 2.24. The zero-order valence-corrected chi connectivity index (χ0v) is 21.5. The molecule has 5 N–H and O–H groups in total. The first-order valence-electron chi connectivity index (χ1n) is 12.4. The normalized spacial score (nSPS) is 12.2. The van der Waals surface area contributed by atoms with Crippen molar-refractivity contribution >= 4 is 17.4 Å². The van der Waals surface area contributed by atoms with E-state index in [4.69, 9.17) is 20.6 Å². The molecule has 0 fully saturated rings. The third-order valence-electron chi connectivity index (χ3n) is 6.19. The number of benzene rings is 4. The lowest BCUT2D eigenvalue weighted by Gasteiger charge is -2.24. The molecule has 7 heteroatoms. The van der Waals surface area contributed by atoms with Crippen LogP contribution in [0.5, 0.6) is 11.5 Å². The summed E-state index contributed by atoms with van der Waals surface area (Å²) in [5, 5.41) is 14.1. The molecule has 4 aromatic carbocycles. The third kappa shape index (κ3) is 6.70. The molecule has 0 aliphatic heterocycles. The van der Waals surface area contributed by atoms with Crippen molar-refractivity contribution in [2.45, 2.75) is 25.6 Å². The van der Waals surface area contributed by atoms with E-state index in [0.717, 1.165) is 11.1 Å². The number of amidine groups is 1. The van der Waals surface area contributed by atoms with Crippen molar-refractivity contribution in [3.05, 3.63) is 125 Å². The summed E-state index contributed by atoms with van der Waals surface area (Å²) in [6.07, 6.45) is 0. The van der Waals surface area contributed by atoms with Gasteiger partial charge in [-0.3, -0.25) is 10.2 Å². The van der Waals surface area contributed by atoms with Crippen LogP contribution in [0.15, 0.2) is 103 Å². The second-order valence-corrected chi connectivity index (χ2v) is 8.89. The minimum absolute atomic E-state index is 0.0154. The van der Waals surface area contributed by atoms with E-state index in [1.54, 1.807) is 31.4 Å². The molecule has 38 heavy (non-hydrogen) atoms. The Balaban J connectivity index is 1.60. The van der Waals surface area contributed by atoms with E-state index in [-0.39, 0.29) is 17.8 Å². The molecule has 0 aliphatic rings. The van der Waals surface area contributed by atoms with Crippen molar-refractivity contribution in [2.24, 2.45) is 5.73 Å². The van der Waals surface area contributed by atoms with Crippen LogP contribution in [0.4, 0.5) is 5.69 Å². The summed E-state index contributed by atoms with van der Waals surface area (Å²) in [6, 6.07) is 31.4. The van der Waals surface area contributed by atoms with Gasteiger partial charge in [-0.05, 0) is 60.0 Å². The fourth-order valence-corrected chi connectivity index (χ4v) is 4.05. The van der Waals surface area contributed by atoms with E-state index in [1.165, 1.54) is 0 Å². The monoisotopic (exact) mass is 508 g/mol. The van der Waals surface area contributed by atoms with Gasteiger partial charge in [0.25, 0.3) is 0 Å². The van der Waals surface area contributed by atoms with Gasteiger partial charge in [0.1, 0.15) is 18.5 Å². The lowest BCUT2D eigenvalue weighted by Crippen LogP contribution is -2.35. The summed E-state index contributed by atoms with van der Waals surface area (Å²) < 4.78 is 11.6. The Kier molecular flexibility index (Phi) is 8.61. The summed E-state index contributed by atoms with van der Waals surface area (Å²) in [4.78, 5) is 13.6. The van der Waals surface area contributed by atoms with Crippen molar-refractivity contribution in [1.82, 2.24) is 5.32 Å². The number of rotatable bonds is 11. The summed E-state index contributed by atoms with van der Waals surface area (Å²) in [6.45, 7) is 2.35. The van der Waals surface area contributed by atoms with Gasteiger partial charge in [-0.1, -0.05) is 66.7 Å². The Labute approximate surface area is 223 Å². The SMILES string of the molecule is COc1cc([C@@H](Nc2ccc(C(=N)N)cc2)C(=O)N[C@H](C)c2ccccc2)ccc1OCc1ccccc1. The maximum Gasteiger partial charge on any atom is 0.247 e. The molecule has 7 nitrogen and oxygen atoms in total. The standard InChI is InChI=1S/C31H32N4O3/c1-21(23-11-7-4-8-12-23)34-31(36)29(35-26-16-13-24(14-17-26)30(32)33)25-15-18-27(28(19-25)37-2)38-20-22-9-5-3-6-10-22/h3-19,21,29,35H,20H2,1-2H3,(H3,32,33)(H,34,36)/t21-,29-/m1/s1. The molecule has 0 aromatic heterocycles. The van der Waals surface area contributed by atoms with Gasteiger partial charge in [0.15, 0.2) is 11.5 Å². The number of amides is 1. The van der Waals surface area contributed by atoms with Crippen molar-refractivity contribution in [3.63, 3.8) is 0 Å². The number of anilines is 1. The minimum atomic E-state index is -0.721. The molecule has 1 amide bonds. The van der Waals surface area contributed by atoms with Crippen LogP contribution in [0, 0.1) is 5.41 Å². The Bertz CT molecular complexity index is 1360. The van der Waals surface area contributed by atoms with E-state index in [2.05, 4.69) is 10.6 Å². The fourth-order valence-electron chi connectivity index (χ4n) is 4.05. The molecular weight excluding hydrogens is 476 g/mol. The molecule has 2 atom stereocenters. The lowest BCUT2D eigenvalue weighted by atomic mass is 10.0. The molecule has 0 saturated heterocycles. The van der Waals surface area contributed by atoms with Gasteiger partial charge >= 0.3 is 0 Å². The summed E-state index contributed by atoms with van der Waals surface area (Å²) in [5.74, 6) is 0.902. The van der Waals surface area contributed by atoms with Crippen LogP contribution in [0.2, 0.25) is 0 Å². The summed E-state index contributed by atoms with van der Waals surface area (Å²) in [5.41, 5.74) is 9.68. The number of ether oxygens (including phenoxy) is 2. The maximum absolute atomic E-state index is 13.6. The van der Waals surface area contributed by atoms with Gasteiger partial charge in [0, 0.05) is 11.3 Å². The van der Waals surface area contributed by atoms with Crippen LogP contribution in [0.1, 0.15) is 41.3 Å².